The van der Waals surface area contributed by atoms with Crippen molar-refractivity contribution in [1.82, 2.24) is 4.90 Å². The Bertz CT molecular complexity index is 419. The highest BCUT2D eigenvalue weighted by atomic mass is 31.2. The van der Waals surface area contributed by atoms with Gasteiger partial charge in [0.2, 0.25) is 14.7 Å². The minimum absolute atomic E-state index is 0.0827. The van der Waals surface area contributed by atoms with E-state index in [1.807, 2.05) is 20.8 Å². The van der Waals surface area contributed by atoms with Crippen molar-refractivity contribution < 1.29 is 18.9 Å². The molecular formula is C14H33NO4P2. The number of hydrogen-bond donors (Lipinski definition) is 2. The maximum Gasteiger partial charge on any atom is 0.219 e. The molecule has 0 aromatic heterocycles. The highest BCUT2D eigenvalue weighted by molar-refractivity contribution is 7.60. The molecule has 0 saturated carbocycles. The van der Waals surface area contributed by atoms with Crippen molar-refractivity contribution in [2.45, 2.75) is 78.2 Å². The molecule has 128 valence electrons. The molecule has 5 nitrogen and oxygen atoms in total. The van der Waals surface area contributed by atoms with Gasteiger partial charge in [-0.2, -0.15) is 0 Å². The molecule has 0 aromatic rings. The van der Waals surface area contributed by atoms with Gasteiger partial charge in [0.1, 0.15) is 0 Å². The van der Waals surface area contributed by atoms with Gasteiger partial charge in [0.05, 0.1) is 12.6 Å². The van der Waals surface area contributed by atoms with E-state index >= 15 is 0 Å². The predicted molar refractivity (Wildman–Crippen MR) is 90.5 cm³/mol. The monoisotopic (exact) mass is 341 g/mol. The minimum Gasteiger partial charge on any atom is -0.343 e. The summed E-state index contributed by atoms with van der Waals surface area (Å²) in [6, 6.07) is 0. The Hall–Kier alpha value is 0.340. The van der Waals surface area contributed by atoms with E-state index in [9.17, 15) is 18.9 Å². The smallest absolute Gasteiger partial charge is 0.219 e. The molecule has 0 aromatic carbocycles. The number of rotatable bonds is 4. The van der Waals surface area contributed by atoms with Gasteiger partial charge in [0, 0.05) is 15.9 Å². The van der Waals surface area contributed by atoms with Crippen molar-refractivity contribution in [2.75, 3.05) is 12.6 Å². The standard InChI is InChI=1S/C14H33NO4P2/c1-12(2,3)15(10-20(16,17)13(4,5)6)11-21(18,19)14(7,8)9/h10-11H2,1-9H3,(H,16,17)(H,18,19). The van der Waals surface area contributed by atoms with E-state index in [0.717, 1.165) is 0 Å². The molecule has 0 aliphatic rings. The Morgan fingerprint density at radius 1 is 0.714 bits per heavy atom. The van der Waals surface area contributed by atoms with Crippen LogP contribution in [0, 0.1) is 0 Å². The molecule has 2 unspecified atom stereocenters. The van der Waals surface area contributed by atoms with E-state index in [1.54, 1.807) is 46.4 Å². The Kier molecular flexibility index (Phi) is 6.19. The van der Waals surface area contributed by atoms with Crippen molar-refractivity contribution in [3.05, 3.63) is 0 Å². The maximum absolute atomic E-state index is 12.6. The predicted octanol–water partition coefficient (Wildman–Crippen LogP) is 4.14. The molecule has 2 atom stereocenters. The van der Waals surface area contributed by atoms with E-state index in [0.29, 0.717) is 0 Å². The summed E-state index contributed by atoms with van der Waals surface area (Å²) in [5.41, 5.74) is -0.465. The second-order valence-electron chi connectivity index (χ2n) is 8.74. The quantitative estimate of drug-likeness (QED) is 0.752. The SMILES string of the molecule is CC(C)(C)N(CP(=O)(O)C(C)(C)C)CP(=O)(O)C(C)(C)C. The third kappa shape index (κ3) is 5.80. The zero-order chi connectivity index (χ0) is 17.5. The first kappa shape index (κ1) is 21.3. The van der Waals surface area contributed by atoms with Gasteiger partial charge in [-0.15, -0.1) is 0 Å². The van der Waals surface area contributed by atoms with Gasteiger partial charge in [-0.25, -0.2) is 0 Å². The van der Waals surface area contributed by atoms with Crippen LogP contribution in [0.5, 0.6) is 0 Å². The zero-order valence-electron chi connectivity index (χ0n) is 15.0. The topological polar surface area (TPSA) is 77.8 Å². The summed E-state index contributed by atoms with van der Waals surface area (Å²) in [5.74, 6) is 0. The Morgan fingerprint density at radius 3 is 1.10 bits per heavy atom. The van der Waals surface area contributed by atoms with Gasteiger partial charge in [-0.1, -0.05) is 41.5 Å². The highest BCUT2D eigenvalue weighted by Crippen LogP contribution is 2.59. The summed E-state index contributed by atoms with van der Waals surface area (Å²) in [7, 11) is -6.95. The summed E-state index contributed by atoms with van der Waals surface area (Å²) in [6.45, 7) is 16.0. The average molecular weight is 341 g/mol. The lowest BCUT2D eigenvalue weighted by molar-refractivity contribution is 0.176. The molecule has 0 aliphatic heterocycles. The average Bonchev–Trinajstić information content (AvgIpc) is 2.10. The highest BCUT2D eigenvalue weighted by Gasteiger charge is 2.43. The summed E-state index contributed by atoms with van der Waals surface area (Å²) < 4.78 is 25.1. The van der Waals surface area contributed by atoms with Gasteiger partial charge in [0.25, 0.3) is 0 Å². The van der Waals surface area contributed by atoms with Crippen LogP contribution in [0.2, 0.25) is 0 Å². The Morgan fingerprint density at radius 2 is 0.952 bits per heavy atom. The van der Waals surface area contributed by atoms with Crippen LogP contribution in [0.15, 0.2) is 0 Å². The number of nitrogens with zero attached hydrogens (tertiary/aromatic N) is 1. The van der Waals surface area contributed by atoms with E-state index in [2.05, 4.69) is 0 Å². The molecule has 0 spiro atoms. The fourth-order valence-corrected chi connectivity index (χ4v) is 4.34. The lowest BCUT2D eigenvalue weighted by Crippen LogP contribution is -2.45. The summed E-state index contributed by atoms with van der Waals surface area (Å²) in [6.07, 6.45) is -0.165. The van der Waals surface area contributed by atoms with Crippen molar-refractivity contribution in [3.63, 3.8) is 0 Å². The summed E-state index contributed by atoms with van der Waals surface area (Å²) >= 11 is 0. The molecule has 7 heteroatoms. The third-order valence-corrected chi connectivity index (χ3v) is 9.41. The van der Waals surface area contributed by atoms with E-state index < -0.39 is 30.6 Å². The molecule has 2 N–H and O–H groups in total. The van der Waals surface area contributed by atoms with E-state index in [1.165, 1.54) is 0 Å². The molecule has 0 heterocycles. The van der Waals surface area contributed by atoms with Crippen LogP contribution in [0.3, 0.4) is 0 Å². The maximum atomic E-state index is 12.6. The van der Waals surface area contributed by atoms with Crippen LogP contribution < -0.4 is 0 Å². The van der Waals surface area contributed by atoms with E-state index in [-0.39, 0.29) is 12.6 Å². The van der Waals surface area contributed by atoms with Gasteiger partial charge in [0.15, 0.2) is 0 Å². The molecule has 0 radical (unpaired) electrons. The first-order valence-electron chi connectivity index (χ1n) is 7.20. The van der Waals surface area contributed by atoms with Crippen molar-refractivity contribution in [3.8, 4) is 0 Å². The van der Waals surface area contributed by atoms with Crippen molar-refractivity contribution >= 4 is 14.7 Å². The van der Waals surface area contributed by atoms with Crippen molar-refractivity contribution in [1.29, 1.82) is 0 Å². The Labute approximate surface area is 130 Å². The molecule has 0 bridgehead atoms. The molecule has 0 fully saturated rings. The van der Waals surface area contributed by atoms with Crippen LogP contribution in [0.1, 0.15) is 62.3 Å². The van der Waals surface area contributed by atoms with Gasteiger partial charge < -0.3 is 9.79 Å². The second-order valence-corrected chi connectivity index (χ2v) is 14.8. The largest absolute Gasteiger partial charge is 0.343 e. The van der Waals surface area contributed by atoms with Gasteiger partial charge in [-0.05, 0) is 20.8 Å². The van der Waals surface area contributed by atoms with E-state index in [4.69, 9.17) is 0 Å². The Balaban J connectivity index is 5.49. The van der Waals surface area contributed by atoms with Crippen LogP contribution >= 0.6 is 14.7 Å². The first-order chi connectivity index (χ1) is 8.81. The normalized spacial score (nSPS) is 20.2. The van der Waals surface area contributed by atoms with Crippen LogP contribution in [-0.2, 0) is 9.13 Å². The minimum atomic E-state index is -3.47. The van der Waals surface area contributed by atoms with Crippen LogP contribution in [0.4, 0.5) is 0 Å². The molecule has 0 amide bonds. The summed E-state index contributed by atoms with van der Waals surface area (Å²) in [4.78, 5) is 22.3. The third-order valence-electron chi connectivity index (χ3n) is 3.77. The molecule has 0 rings (SSSR count). The summed E-state index contributed by atoms with van der Waals surface area (Å²) in [5, 5.41) is -1.50. The molecule has 0 aliphatic carbocycles. The fourth-order valence-electron chi connectivity index (χ4n) is 1.36. The molecular weight excluding hydrogens is 308 g/mol. The van der Waals surface area contributed by atoms with Gasteiger partial charge in [-0.3, -0.25) is 14.0 Å². The fraction of sp³-hybridized carbons (Fsp3) is 1.00. The van der Waals surface area contributed by atoms with Crippen molar-refractivity contribution in [2.24, 2.45) is 0 Å². The lowest BCUT2D eigenvalue weighted by Gasteiger charge is -2.42. The van der Waals surface area contributed by atoms with Crippen LogP contribution in [0.25, 0.3) is 0 Å². The molecule has 21 heavy (non-hydrogen) atoms. The first-order valence-corrected chi connectivity index (χ1v) is 10.9. The molecule has 0 saturated heterocycles. The number of hydrogen-bond acceptors (Lipinski definition) is 3. The lowest BCUT2D eigenvalue weighted by atomic mass is 10.1. The van der Waals surface area contributed by atoms with Crippen LogP contribution in [-0.4, -0.2) is 43.1 Å². The van der Waals surface area contributed by atoms with Gasteiger partial charge >= 0.3 is 0 Å². The second kappa shape index (κ2) is 6.09. The zero-order valence-corrected chi connectivity index (χ0v) is 16.8.